The van der Waals surface area contributed by atoms with Crippen molar-refractivity contribution in [3.05, 3.63) is 63.7 Å². The van der Waals surface area contributed by atoms with Gasteiger partial charge in [-0.15, -0.1) is 0 Å². The number of rotatable bonds is 3. The number of amides is 2. The molecular weight excluding hydrogens is 298 g/mol. The van der Waals surface area contributed by atoms with Gasteiger partial charge in [0, 0.05) is 11.8 Å². The second-order valence-electron chi connectivity index (χ2n) is 4.95. The van der Waals surface area contributed by atoms with Crippen LogP contribution in [0.5, 0.6) is 0 Å². The van der Waals surface area contributed by atoms with Gasteiger partial charge >= 0.3 is 11.8 Å². The maximum atomic E-state index is 12.0. The highest BCUT2D eigenvalue weighted by molar-refractivity contribution is 6.44. The molecule has 118 valence electrons. The Balaban J connectivity index is 2.16. The van der Waals surface area contributed by atoms with E-state index in [4.69, 9.17) is 0 Å². The van der Waals surface area contributed by atoms with E-state index in [2.05, 4.69) is 10.6 Å². The number of anilines is 2. The summed E-state index contributed by atoms with van der Waals surface area (Å²) in [6, 6.07) is 11.1. The summed E-state index contributed by atoms with van der Waals surface area (Å²) in [5, 5.41) is 15.7. The number of hydrogen-bond donors (Lipinski definition) is 2. The lowest BCUT2D eigenvalue weighted by molar-refractivity contribution is -0.383. The van der Waals surface area contributed by atoms with E-state index in [-0.39, 0.29) is 11.4 Å². The lowest BCUT2D eigenvalue weighted by atomic mass is 10.1. The summed E-state index contributed by atoms with van der Waals surface area (Å²) in [5.41, 5.74) is 1.88. The topological polar surface area (TPSA) is 101 Å². The molecule has 0 fully saturated rings. The largest absolute Gasteiger partial charge is 0.317 e. The molecule has 2 rings (SSSR count). The van der Waals surface area contributed by atoms with Crippen molar-refractivity contribution in [2.75, 3.05) is 10.6 Å². The lowest BCUT2D eigenvalue weighted by Gasteiger charge is -2.11. The van der Waals surface area contributed by atoms with Crippen LogP contribution in [0.25, 0.3) is 0 Å². The van der Waals surface area contributed by atoms with Crippen LogP contribution < -0.4 is 10.6 Å². The van der Waals surface area contributed by atoms with Crippen molar-refractivity contribution in [3.8, 4) is 0 Å². The summed E-state index contributed by atoms with van der Waals surface area (Å²) in [7, 11) is 0. The van der Waals surface area contributed by atoms with Crippen LogP contribution in [0, 0.1) is 24.0 Å². The van der Waals surface area contributed by atoms with E-state index < -0.39 is 16.7 Å². The Morgan fingerprint density at radius 3 is 2.09 bits per heavy atom. The Morgan fingerprint density at radius 2 is 1.48 bits per heavy atom. The number of benzene rings is 2. The first-order valence-corrected chi connectivity index (χ1v) is 6.82. The quantitative estimate of drug-likeness (QED) is 0.517. The van der Waals surface area contributed by atoms with E-state index in [0.29, 0.717) is 5.69 Å². The first-order chi connectivity index (χ1) is 10.9. The number of aryl methyl sites for hydroxylation is 2. The van der Waals surface area contributed by atoms with Crippen LogP contribution >= 0.6 is 0 Å². The number of hydrogen-bond acceptors (Lipinski definition) is 4. The van der Waals surface area contributed by atoms with Crippen LogP contribution in [-0.2, 0) is 9.59 Å². The zero-order valence-corrected chi connectivity index (χ0v) is 12.6. The van der Waals surface area contributed by atoms with Gasteiger partial charge in [-0.2, -0.15) is 0 Å². The van der Waals surface area contributed by atoms with Gasteiger partial charge in [0.05, 0.1) is 4.92 Å². The molecule has 0 unspecified atom stereocenters. The number of nitro groups is 1. The number of nitrogens with zero attached hydrogens (tertiary/aromatic N) is 1. The summed E-state index contributed by atoms with van der Waals surface area (Å²) in [4.78, 5) is 34.3. The van der Waals surface area contributed by atoms with Crippen molar-refractivity contribution < 1.29 is 14.5 Å². The highest BCUT2D eigenvalue weighted by Crippen LogP contribution is 2.23. The van der Waals surface area contributed by atoms with Gasteiger partial charge < -0.3 is 10.6 Å². The number of nitrogens with one attached hydrogen (secondary N) is 2. The van der Waals surface area contributed by atoms with Gasteiger partial charge in [-0.3, -0.25) is 19.7 Å². The molecule has 0 aliphatic heterocycles. The molecule has 2 amide bonds. The SMILES string of the molecule is Cc1cccc(C)c1NC(=O)C(=O)Nc1ccccc1[N+](=O)[O-]. The van der Waals surface area contributed by atoms with Gasteiger partial charge in [0.2, 0.25) is 0 Å². The summed E-state index contributed by atoms with van der Waals surface area (Å²) >= 11 is 0. The zero-order chi connectivity index (χ0) is 17.0. The van der Waals surface area contributed by atoms with Gasteiger partial charge in [-0.1, -0.05) is 30.3 Å². The summed E-state index contributed by atoms with van der Waals surface area (Å²) < 4.78 is 0. The summed E-state index contributed by atoms with van der Waals surface area (Å²) in [5.74, 6) is -1.86. The molecule has 0 aromatic heterocycles. The van der Waals surface area contributed by atoms with E-state index in [1.165, 1.54) is 24.3 Å². The van der Waals surface area contributed by atoms with E-state index >= 15 is 0 Å². The van der Waals surface area contributed by atoms with Gasteiger partial charge in [-0.25, -0.2) is 0 Å². The van der Waals surface area contributed by atoms with E-state index in [9.17, 15) is 19.7 Å². The fourth-order valence-electron chi connectivity index (χ4n) is 2.10. The molecule has 0 saturated heterocycles. The fraction of sp³-hybridized carbons (Fsp3) is 0.125. The Labute approximate surface area is 132 Å². The Bertz CT molecular complexity index is 766. The van der Waals surface area contributed by atoms with E-state index in [0.717, 1.165) is 11.1 Å². The highest BCUT2D eigenvalue weighted by Gasteiger charge is 2.20. The maximum absolute atomic E-state index is 12.0. The average molecular weight is 313 g/mol. The smallest absolute Gasteiger partial charge is 0.314 e. The van der Waals surface area contributed by atoms with Crippen LogP contribution in [0.15, 0.2) is 42.5 Å². The molecule has 0 radical (unpaired) electrons. The number of para-hydroxylation sites is 3. The predicted molar refractivity (Wildman–Crippen MR) is 86.3 cm³/mol. The minimum absolute atomic E-state index is 0.0286. The minimum atomic E-state index is -0.970. The molecule has 2 aromatic carbocycles. The third kappa shape index (κ3) is 3.70. The number of nitro benzene ring substituents is 1. The van der Waals surface area contributed by atoms with Gasteiger partial charge in [0.15, 0.2) is 0 Å². The number of carbonyl (C=O) groups is 2. The highest BCUT2D eigenvalue weighted by atomic mass is 16.6. The molecule has 7 heteroatoms. The lowest BCUT2D eigenvalue weighted by Crippen LogP contribution is -2.29. The second-order valence-corrected chi connectivity index (χ2v) is 4.95. The molecule has 23 heavy (non-hydrogen) atoms. The molecule has 0 heterocycles. The third-order valence-corrected chi connectivity index (χ3v) is 3.27. The Hall–Kier alpha value is -3.22. The van der Waals surface area contributed by atoms with Crippen molar-refractivity contribution in [2.24, 2.45) is 0 Å². The van der Waals surface area contributed by atoms with Gasteiger partial charge in [0.1, 0.15) is 5.69 Å². The zero-order valence-electron chi connectivity index (χ0n) is 12.6. The molecule has 0 saturated carbocycles. The predicted octanol–water partition coefficient (Wildman–Crippen LogP) is 2.79. The average Bonchev–Trinajstić information content (AvgIpc) is 2.51. The van der Waals surface area contributed by atoms with Gasteiger partial charge in [0.25, 0.3) is 5.69 Å². The van der Waals surface area contributed by atoms with Gasteiger partial charge in [-0.05, 0) is 31.0 Å². The second kappa shape index (κ2) is 6.69. The summed E-state index contributed by atoms with van der Waals surface area (Å²) in [6.45, 7) is 3.62. The van der Waals surface area contributed by atoms with Crippen LogP contribution in [0.4, 0.5) is 17.1 Å². The minimum Gasteiger partial charge on any atom is -0.317 e. The normalized spacial score (nSPS) is 10.0. The fourth-order valence-corrected chi connectivity index (χ4v) is 2.10. The monoisotopic (exact) mass is 313 g/mol. The molecule has 0 aliphatic rings. The maximum Gasteiger partial charge on any atom is 0.314 e. The molecule has 0 bridgehead atoms. The molecule has 7 nitrogen and oxygen atoms in total. The van der Waals surface area contributed by atoms with Crippen molar-refractivity contribution in [1.82, 2.24) is 0 Å². The third-order valence-electron chi connectivity index (χ3n) is 3.27. The van der Waals surface area contributed by atoms with Crippen LogP contribution in [-0.4, -0.2) is 16.7 Å². The van der Waals surface area contributed by atoms with Crippen molar-refractivity contribution in [2.45, 2.75) is 13.8 Å². The number of carbonyl (C=O) groups excluding carboxylic acids is 2. The van der Waals surface area contributed by atoms with E-state index in [1.807, 2.05) is 32.0 Å². The van der Waals surface area contributed by atoms with Crippen LogP contribution in [0.1, 0.15) is 11.1 Å². The standard InChI is InChI=1S/C16H15N3O4/c1-10-6-5-7-11(2)14(10)18-16(21)15(20)17-12-8-3-4-9-13(12)19(22)23/h3-9H,1-2H3,(H,17,20)(H,18,21). The summed E-state index contributed by atoms with van der Waals surface area (Å²) in [6.07, 6.45) is 0. The first kappa shape index (κ1) is 16.2. The van der Waals surface area contributed by atoms with E-state index in [1.54, 1.807) is 0 Å². The Morgan fingerprint density at radius 1 is 0.913 bits per heavy atom. The molecule has 0 spiro atoms. The van der Waals surface area contributed by atoms with Crippen molar-refractivity contribution >= 4 is 28.9 Å². The van der Waals surface area contributed by atoms with Crippen LogP contribution in [0.2, 0.25) is 0 Å². The molecule has 2 N–H and O–H groups in total. The molecule has 0 atom stereocenters. The molecule has 0 aliphatic carbocycles. The first-order valence-electron chi connectivity index (χ1n) is 6.82. The van der Waals surface area contributed by atoms with Crippen molar-refractivity contribution in [1.29, 1.82) is 0 Å². The molecular formula is C16H15N3O4. The van der Waals surface area contributed by atoms with Crippen LogP contribution in [0.3, 0.4) is 0 Å². The Kier molecular flexibility index (Phi) is 4.70. The van der Waals surface area contributed by atoms with Crippen molar-refractivity contribution in [3.63, 3.8) is 0 Å². The molecule has 2 aromatic rings.